The largest absolute Gasteiger partial charge is 0.487 e. The molecule has 32 heavy (non-hydrogen) atoms. The summed E-state index contributed by atoms with van der Waals surface area (Å²) in [7, 11) is 0. The zero-order valence-electron chi connectivity index (χ0n) is 17.1. The molecule has 0 fully saturated rings. The third kappa shape index (κ3) is 3.53. The lowest BCUT2D eigenvalue weighted by Crippen LogP contribution is -2.33. The van der Waals surface area contributed by atoms with Gasteiger partial charge in [-0.05, 0) is 36.8 Å². The summed E-state index contributed by atoms with van der Waals surface area (Å²) in [6.07, 6.45) is 1.70. The van der Waals surface area contributed by atoms with Crippen LogP contribution in [0.25, 0.3) is 11.0 Å². The van der Waals surface area contributed by atoms with Crippen LogP contribution in [0.3, 0.4) is 0 Å². The van der Waals surface area contributed by atoms with E-state index in [9.17, 15) is 14.4 Å². The number of carbonyl (C=O) groups is 2. The van der Waals surface area contributed by atoms with Crippen LogP contribution >= 0.6 is 0 Å². The fourth-order valence-electron chi connectivity index (χ4n) is 3.71. The SMILES string of the molecule is Cc1cc(=O)oc2cc(OCc3cn(CCN4C(=O)c5ccccc5C4=O)nn3)ccc12. The summed E-state index contributed by atoms with van der Waals surface area (Å²) in [4.78, 5) is 37.7. The van der Waals surface area contributed by atoms with Crippen LogP contribution in [0.15, 0.2) is 63.9 Å². The second kappa shape index (κ2) is 7.77. The van der Waals surface area contributed by atoms with Gasteiger partial charge in [0.15, 0.2) is 0 Å². The van der Waals surface area contributed by atoms with E-state index in [4.69, 9.17) is 9.15 Å². The molecule has 9 nitrogen and oxygen atoms in total. The topological polar surface area (TPSA) is 108 Å². The molecule has 160 valence electrons. The first-order chi connectivity index (χ1) is 15.5. The van der Waals surface area contributed by atoms with Crippen molar-refractivity contribution in [2.75, 3.05) is 6.54 Å². The second-order valence-corrected chi connectivity index (χ2v) is 7.48. The number of hydrogen-bond donors (Lipinski definition) is 0. The smallest absolute Gasteiger partial charge is 0.336 e. The molecule has 0 saturated carbocycles. The number of rotatable bonds is 6. The normalized spacial score (nSPS) is 13.1. The molecule has 2 aromatic carbocycles. The predicted octanol–water partition coefficient (Wildman–Crippen LogP) is 2.57. The summed E-state index contributed by atoms with van der Waals surface area (Å²) in [5, 5.41) is 8.95. The highest BCUT2D eigenvalue weighted by Crippen LogP contribution is 2.23. The molecule has 0 bridgehead atoms. The van der Waals surface area contributed by atoms with Crippen LogP contribution < -0.4 is 10.4 Å². The van der Waals surface area contributed by atoms with Crippen molar-refractivity contribution in [2.24, 2.45) is 0 Å². The highest BCUT2D eigenvalue weighted by molar-refractivity contribution is 6.21. The molecule has 3 heterocycles. The Kier molecular flexibility index (Phi) is 4.78. The first kappa shape index (κ1) is 19.7. The van der Waals surface area contributed by atoms with Gasteiger partial charge in [0.2, 0.25) is 0 Å². The Morgan fingerprint density at radius 2 is 1.72 bits per heavy atom. The maximum absolute atomic E-state index is 12.4. The molecule has 4 aromatic rings. The van der Waals surface area contributed by atoms with E-state index in [2.05, 4.69) is 10.3 Å². The number of carbonyl (C=O) groups excluding carboxylic acids is 2. The van der Waals surface area contributed by atoms with Crippen LogP contribution in [0, 0.1) is 6.92 Å². The maximum Gasteiger partial charge on any atom is 0.336 e. The fourth-order valence-corrected chi connectivity index (χ4v) is 3.71. The van der Waals surface area contributed by atoms with Gasteiger partial charge in [-0.15, -0.1) is 5.10 Å². The van der Waals surface area contributed by atoms with Crippen molar-refractivity contribution >= 4 is 22.8 Å². The average Bonchev–Trinajstić information content (AvgIpc) is 3.33. The van der Waals surface area contributed by atoms with Gasteiger partial charge in [-0.1, -0.05) is 17.3 Å². The van der Waals surface area contributed by atoms with E-state index in [1.54, 1.807) is 47.3 Å². The Bertz CT molecular complexity index is 1390. The van der Waals surface area contributed by atoms with Crippen LogP contribution in [0.1, 0.15) is 32.0 Å². The molecule has 2 aromatic heterocycles. The summed E-state index contributed by atoms with van der Waals surface area (Å²) in [5.74, 6) is -0.0632. The lowest BCUT2D eigenvalue weighted by Gasteiger charge is -2.13. The summed E-state index contributed by atoms with van der Waals surface area (Å²) in [5.41, 5.74) is 2.31. The minimum atomic E-state index is -0.409. The number of nitrogens with zero attached hydrogens (tertiary/aromatic N) is 4. The van der Waals surface area contributed by atoms with E-state index in [-0.39, 0.29) is 25.0 Å². The van der Waals surface area contributed by atoms with Crippen molar-refractivity contribution in [3.63, 3.8) is 0 Å². The zero-order chi connectivity index (χ0) is 22.2. The number of hydrogen-bond acceptors (Lipinski definition) is 7. The molecular weight excluding hydrogens is 412 g/mol. The molecule has 0 atom stereocenters. The van der Waals surface area contributed by atoms with E-state index < -0.39 is 5.63 Å². The number of imide groups is 1. The number of benzene rings is 2. The summed E-state index contributed by atoms with van der Waals surface area (Å²) in [6, 6.07) is 13.5. The highest BCUT2D eigenvalue weighted by atomic mass is 16.5. The maximum atomic E-state index is 12.4. The van der Waals surface area contributed by atoms with Crippen LogP contribution in [0.2, 0.25) is 0 Å². The van der Waals surface area contributed by atoms with Gasteiger partial charge in [-0.2, -0.15) is 0 Å². The van der Waals surface area contributed by atoms with Gasteiger partial charge in [0.1, 0.15) is 23.6 Å². The lowest BCUT2D eigenvalue weighted by atomic mass is 10.1. The Morgan fingerprint density at radius 1 is 0.969 bits per heavy atom. The zero-order valence-corrected chi connectivity index (χ0v) is 17.1. The molecule has 1 aliphatic rings. The van der Waals surface area contributed by atoms with Gasteiger partial charge in [-0.25, -0.2) is 4.79 Å². The number of ether oxygens (including phenoxy) is 1. The summed E-state index contributed by atoms with van der Waals surface area (Å²) < 4.78 is 12.5. The lowest BCUT2D eigenvalue weighted by molar-refractivity contribution is 0.0647. The van der Waals surface area contributed by atoms with Crippen molar-refractivity contribution in [1.82, 2.24) is 19.9 Å². The summed E-state index contributed by atoms with van der Waals surface area (Å²) >= 11 is 0. The van der Waals surface area contributed by atoms with E-state index in [0.717, 1.165) is 10.9 Å². The monoisotopic (exact) mass is 430 g/mol. The van der Waals surface area contributed by atoms with Gasteiger partial charge in [0.05, 0.1) is 23.9 Å². The molecule has 0 saturated heterocycles. The predicted molar refractivity (Wildman–Crippen MR) is 113 cm³/mol. The Labute approximate surface area is 181 Å². The standard InChI is InChI=1S/C23H18N4O5/c1-14-10-21(28)32-20-11-16(6-7-17(14)20)31-13-15-12-26(25-24-15)8-9-27-22(29)18-4-2-3-5-19(18)23(27)30/h2-7,10-12H,8-9,13H2,1H3. The molecule has 9 heteroatoms. The number of amides is 2. The molecular formula is C23H18N4O5. The van der Waals surface area contributed by atoms with Crippen LogP contribution in [-0.2, 0) is 13.2 Å². The average molecular weight is 430 g/mol. The molecule has 1 aliphatic heterocycles. The number of fused-ring (bicyclic) bond motifs is 2. The Morgan fingerprint density at radius 3 is 2.47 bits per heavy atom. The van der Waals surface area contributed by atoms with E-state index in [0.29, 0.717) is 34.7 Å². The van der Waals surface area contributed by atoms with Crippen LogP contribution in [0.5, 0.6) is 5.75 Å². The first-order valence-electron chi connectivity index (χ1n) is 10.0. The fraction of sp³-hybridized carbons (Fsp3) is 0.174. The van der Waals surface area contributed by atoms with E-state index >= 15 is 0 Å². The van der Waals surface area contributed by atoms with E-state index in [1.165, 1.54) is 11.0 Å². The van der Waals surface area contributed by atoms with Crippen molar-refractivity contribution in [1.29, 1.82) is 0 Å². The molecule has 0 spiro atoms. The van der Waals surface area contributed by atoms with Crippen molar-refractivity contribution in [2.45, 2.75) is 20.1 Å². The minimum absolute atomic E-state index is 0.161. The Balaban J connectivity index is 1.22. The third-order valence-corrected chi connectivity index (χ3v) is 5.33. The first-order valence-corrected chi connectivity index (χ1v) is 10.0. The third-order valence-electron chi connectivity index (χ3n) is 5.33. The number of aryl methyl sites for hydroxylation is 1. The highest BCUT2D eigenvalue weighted by Gasteiger charge is 2.34. The minimum Gasteiger partial charge on any atom is -0.487 e. The van der Waals surface area contributed by atoms with Crippen molar-refractivity contribution in [3.8, 4) is 5.75 Å². The van der Waals surface area contributed by atoms with Crippen LogP contribution in [0.4, 0.5) is 0 Å². The van der Waals surface area contributed by atoms with Gasteiger partial charge in [0.25, 0.3) is 11.8 Å². The molecule has 0 radical (unpaired) electrons. The number of aromatic nitrogens is 3. The quantitative estimate of drug-likeness (QED) is 0.342. The van der Waals surface area contributed by atoms with Crippen LogP contribution in [-0.4, -0.2) is 38.3 Å². The van der Waals surface area contributed by atoms with Gasteiger partial charge >= 0.3 is 5.63 Å². The molecule has 5 rings (SSSR count). The molecule has 0 aliphatic carbocycles. The summed E-state index contributed by atoms with van der Waals surface area (Å²) in [6.45, 7) is 2.52. The van der Waals surface area contributed by atoms with Crippen molar-refractivity contribution < 1.29 is 18.7 Å². The molecule has 2 amide bonds. The van der Waals surface area contributed by atoms with Gasteiger partial charge in [0, 0.05) is 24.1 Å². The molecule has 0 unspecified atom stereocenters. The Hall–Kier alpha value is -4.27. The second-order valence-electron chi connectivity index (χ2n) is 7.48. The van der Waals surface area contributed by atoms with Crippen molar-refractivity contribution in [3.05, 3.63) is 87.5 Å². The van der Waals surface area contributed by atoms with Gasteiger partial charge in [-0.3, -0.25) is 19.2 Å². The van der Waals surface area contributed by atoms with Gasteiger partial charge < -0.3 is 9.15 Å². The van der Waals surface area contributed by atoms with E-state index in [1.807, 2.05) is 13.0 Å². The molecule has 0 N–H and O–H groups in total.